The maximum atomic E-state index is 15.7. The molecule has 51 heavy (non-hydrogen) atoms. The SMILES string of the molecule is COc1cc(-c2cn(C)c(=O)c3[nH]ncc23)cc(F)c1CN1CCC(CCN2CCC(c3ccc(NC4CCC(=O)NC4=O)cc3Cl)CC2)CC1. The van der Waals surface area contributed by atoms with Gasteiger partial charge in [-0.1, -0.05) is 17.7 Å². The smallest absolute Gasteiger partial charge is 0.276 e. The fraction of sp³-hybridized carbons (Fsp3) is 0.474. The van der Waals surface area contributed by atoms with Crippen molar-refractivity contribution in [2.45, 2.75) is 63.5 Å². The highest BCUT2D eigenvalue weighted by Gasteiger charge is 2.28. The van der Waals surface area contributed by atoms with Gasteiger partial charge in [-0.25, -0.2) is 4.39 Å². The number of aromatic amines is 1. The summed E-state index contributed by atoms with van der Waals surface area (Å²) in [6.45, 7) is 5.48. The lowest BCUT2D eigenvalue weighted by molar-refractivity contribution is -0.133. The lowest BCUT2D eigenvalue weighted by atomic mass is 9.88. The molecule has 13 heteroatoms. The second-order valence-corrected chi connectivity index (χ2v) is 14.7. The molecule has 11 nitrogen and oxygen atoms in total. The first-order chi connectivity index (χ1) is 24.7. The largest absolute Gasteiger partial charge is 0.496 e. The first-order valence-electron chi connectivity index (χ1n) is 17.9. The minimum Gasteiger partial charge on any atom is -0.496 e. The van der Waals surface area contributed by atoms with Gasteiger partial charge in [0.15, 0.2) is 0 Å². The van der Waals surface area contributed by atoms with Gasteiger partial charge in [-0.15, -0.1) is 0 Å². The number of benzene rings is 2. The van der Waals surface area contributed by atoms with E-state index in [0.29, 0.717) is 69.6 Å². The monoisotopic (exact) mass is 717 g/mol. The first-order valence-corrected chi connectivity index (χ1v) is 18.3. The molecule has 0 radical (unpaired) electrons. The van der Waals surface area contributed by atoms with Crippen LogP contribution in [0.5, 0.6) is 5.75 Å². The van der Waals surface area contributed by atoms with E-state index in [1.807, 2.05) is 18.2 Å². The molecule has 1 unspecified atom stereocenters. The van der Waals surface area contributed by atoms with Crippen LogP contribution in [0, 0.1) is 11.7 Å². The van der Waals surface area contributed by atoms with E-state index < -0.39 is 6.04 Å². The number of fused-ring (bicyclic) bond motifs is 1. The van der Waals surface area contributed by atoms with Gasteiger partial charge in [-0.05, 0) is 118 Å². The second kappa shape index (κ2) is 15.1. The molecule has 3 N–H and O–H groups in total. The van der Waals surface area contributed by atoms with Crippen molar-refractivity contribution in [3.05, 3.63) is 75.0 Å². The van der Waals surface area contributed by atoms with Crippen LogP contribution in [0.1, 0.15) is 62.0 Å². The fourth-order valence-electron chi connectivity index (χ4n) is 7.95. The van der Waals surface area contributed by atoms with Crippen LogP contribution in [-0.4, -0.2) is 82.3 Å². The van der Waals surface area contributed by atoms with Gasteiger partial charge in [0.2, 0.25) is 11.8 Å². The van der Waals surface area contributed by atoms with Gasteiger partial charge in [0, 0.05) is 53.4 Å². The molecule has 270 valence electrons. The predicted octanol–water partition coefficient (Wildman–Crippen LogP) is 5.43. The molecular weight excluding hydrogens is 673 g/mol. The summed E-state index contributed by atoms with van der Waals surface area (Å²) in [7, 11) is 3.24. The zero-order valence-electron chi connectivity index (χ0n) is 29.1. The summed E-state index contributed by atoms with van der Waals surface area (Å²) in [5, 5.41) is 13.8. The summed E-state index contributed by atoms with van der Waals surface area (Å²) < 4.78 is 22.9. The predicted molar refractivity (Wildman–Crippen MR) is 196 cm³/mol. The number of rotatable bonds is 10. The normalized spacial score (nSPS) is 19.8. The molecule has 2 aromatic carbocycles. The van der Waals surface area contributed by atoms with Gasteiger partial charge < -0.3 is 19.5 Å². The number of halogens is 2. The first kappa shape index (κ1) is 35.2. The van der Waals surface area contributed by atoms with Gasteiger partial charge in [0.1, 0.15) is 23.1 Å². The van der Waals surface area contributed by atoms with Gasteiger partial charge >= 0.3 is 0 Å². The van der Waals surface area contributed by atoms with E-state index >= 15 is 4.39 Å². The number of imide groups is 1. The summed E-state index contributed by atoms with van der Waals surface area (Å²) in [5.41, 5.74) is 4.06. The lowest BCUT2D eigenvalue weighted by Gasteiger charge is -2.36. The minimum atomic E-state index is -0.431. The topological polar surface area (TPSA) is 125 Å². The molecule has 0 bridgehead atoms. The molecule has 3 aliphatic rings. The Hall–Kier alpha value is -4.26. The number of nitrogens with one attached hydrogen (secondary N) is 3. The molecular formula is C38H45ClFN7O4. The van der Waals surface area contributed by atoms with Crippen LogP contribution in [0.4, 0.5) is 10.1 Å². The summed E-state index contributed by atoms with van der Waals surface area (Å²) in [6, 6.07) is 8.91. The van der Waals surface area contributed by atoms with E-state index in [9.17, 15) is 14.4 Å². The third kappa shape index (κ3) is 7.68. The summed E-state index contributed by atoms with van der Waals surface area (Å²) in [5.74, 6) is 0.716. The molecule has 7 rings (SSSR count). The Balaban J connectivity index is 0.876. The van der Waals surface area contributed by atoms with Crippen molar-refractivity contribution in [2.75, 3.05) is 45.2 Å². The van der Waals surface area contributed by atoms with Crippen LogP contribution in [0.15, 0.2) is 47.5 Å². The highest BCUT2D eigenvalue weighted by atomic mass is 35.5. The minimum absolute atomic E-state index is 0.184. The number of H-pyrrole nitrogens is 1. The zero-order valence-corrected chi connectivity index (χ0v) is 29.9. The number of pyridine rings is 1. The Labute approximate surface area is 301 Å². The number of hydrogen-bond donors (Lipinski definition) is 3. The van der Waals surface area contributed by atoms with Crippen LogP contribution < -0.4 is 20.9 Å². The van der Waals surface area contributed by atoms with Crippen molar-refractivity contribution >= 4 is 40.0 Å². The average molecular weight is 718 g/mol. The number of nitrogens with zero attached hydrogens (tertiary/aromatic N) is 4. The van der Waals surface area contributed by atoms with Crippen LogP contribution in [0.2, 0.25) is 5.02 Å². The zero-order chi connectivity index (χ0) is 35.6. The van der Waals surface area contributed by atoms with Crippen molar-refractivity contribution in [1.29, 1.82) is 0 Å². The highest BCUT2D eigenvalue weighted by molar-refractivity contribution is 6.31. The third-order valence-corrected chi connectivity index (χ3v) is 11.3. The van der Waals surface area contributed by atoms with E-state index in [-0.39, 0.29) is 23.2 Å². The molecule has 0 spiro atoms. The standard InChI is InChI=1S/C38H45ClFN7O4/c1-45-21-29(28-20-41-44-36(28)38(45)50)25-17-32(40)30(34(18-25)51-2)22-47-13-8-23(9-14-47)7-12-46-15-10-24(11-16-46)27-4-3-26(19-31(27)39)42-33-5-6-35(48)43-37(33)49/h3-4,17-21,23-24,33,42H,5-16,22H2,1-2H3,(H,41,44)(H,43,48,49). The molecule has 2 aromatic heterocycles. The van der Waals surface area contributed by atoms with Gasteiger partial charge in [0.05, 0.1) is 13.3 Å². The Morgan fingerprint density at radius 1 is 1.02 bits per heavy atom. The number of piperidine rings is 3. The van der Waals surface area contributed by atoms with Crippen molar-refractivity contribution < 1.29 is 18.7 Å². The molecule has 3 fully saturated rings. The summed E-state index contributed by atoms with van der Waals surface area (Å²) >= 11 is 6.73. The summed E-state index contributed by atoms with van der Waals surface area (Å²) in [4.78, 5) is 41.0. The molecule has 3 aliphatic heterocycles. The van der Waals surface area contributed by atoms with E-state index in [4.69, 9.17) is 16.3 Å². The lowest BCUT2D eigenvalue weighted by Crippen LogP contribution is -2.47. The molecule has 5 heterocycles. The number of anilines is 1. The Bertz CT molecular complexity index is 1980. The molecule has 0 saturated carbocycles. The van der Waals surface area contributed by atoms with Crippen molar-refractivity contribution in [2.24, 2.45) is 13.0 Å². The van der Waals surface area contributed by atoms with Crippen molar-refractivity contribution in [3.8, 4) is 16.9 Å². The molecule has 2 amide bonds. The Morgan fingerprint density at radius 2 is 1.78 bits per heavy atom. The number of ether oxygens (including phenoxy) is 1. The van der Waals surface area contributed by atoms with Crippen molar-refractivity contribution in [3.63, 3.8) is 0 Å². The van der Waals surface area contributed by atoms with Gasteiger partial charge in [-0.3, -0.25) is 29.7 Å². The quantitative estimate of drug-likeness (QED) is 0.186. The second-order valence-electron chi connectivity index (χ2n) is 14.3. The Morgan fingerprint density at radius 3 is 2.51 bits per heavy atom. The van der Waals surface area contributed by atoms with Crippen LogP contribution in [0.25, 0.3) is 22.0 Å². The number of likely N-dealkylation sites (tertiary alicyclic amines) is 2. The number of aromatic nitrogens is 3. The molecule has 1 atom stereocenters. The average Bonchev–Trinajstić information content (AvgIpc) is 3.62. The maximum Gasteiger partial charge on any atom is 0.276 e. The number of amides is 2. The van der Waals surface area contributed by atoms with E-state index in [1.54, 1.807) is 26.6 Å². The van der Waals surface area contributed by atoms with Crippen LogP contribution >= 0.6 is 11.6 Å². The van der Waals surface area contributed by atoms with Crippen LogP contribution in [0.3, 0.4) is 0 Å². The number of methoxy groups -OCH3 is 1. The highest BCUT2D eigenvalue weighted by Crippen LogP contribution is 2.36. The third-order valence-electron chi connectivity index (χ3n) is 11.0. The maximum absolute atomic E-state index is 15.7. The fourth-order valence-corrected chi connectivity index (χ4v) is 8.29. The number of carbonyl (C=O) groups excluding carboxylic acids is 2. The summed E-state index contributed by atoms with van der Waals surface area (Å²) in [6.07, 6.45) is 9.56. The van der Waals surface area contributed by atoms with Crippen LogP contribution in [-0.2, 0) is 23.2 Å². The number of carbonyl (C=O) groups is 2. The molecule has 3 saturated heterocycles. The van der Waals surface area contributed by atoms with E-state index in [2.05, 4.69) is 36.7 Å². The molecule has 0 aliphatic carbocycles. The van der Waals surface area contributed by atoms with Crippen molar-refractivity contribution in [1.82, 2.24) is 29.9 Å². The van der Waals surface area contributed by atoms with E-state index in [1.165, 1.54) is 10.6 Å². The van der Waals surface area contributed by atoms with Gasteiger partial charge in [0.25, 0.3) is 5.56 Å². The Kier molecular flexibility index (Phi) is 10.4. The number of aryl methyl sites for hydroxylation is 1. The molecule has 4 aromatic rings. The number of hydrogen-bond acceptors (Lipinski definition) is 8. The van der Waals surface area contributed by atoms with E-state index in [0.717, 1.165) is 76.1 Å². The van der Waals surface area contributed by atoms with Gasteiger partial charge in [-0.2, -0.15) is 5.10 Å².